The summed E-state index contributed by atoms with van der Waals surface area (Å²) in [7, 11) is -4.05. The second-order valence-electron chi connectivity index (χ2n) is 10.5. The lowest BCUT2D eigenvalue weighted by atomic mass is 10.0. The predicted molar refractivity (Wildman–Crippen MR) is 122 cm³/mol. The van der Waals surface area contributed by atoms with Gasteiger partial charge in [-0.2, -0.15) is 5.10 Å². The molecule has 2 aromatic rings. The summed E-state index contributed by atoms with van der Waals surface area (Å²) in [6, 6.07) is 2.96. The normalized spacial score (nSPS) is 18.9. The molecule has 1 aromatic heterocycles. The standard InChI is InChI=1S/C23H31FN4O4S/c1-22(2,3)32-21(29)26-17-9-8-14-15(17)11-19(33(30,31)25-12-23(4,5)24)16-10-18(13-6-7-13)27-28-20(14)16/h10-11,13,17,25H,6-9,12H2,1-5H3,(H,26,29). The molecule has 1 heterocycles. The number of alkyl carbamates (subject to hydrolysis) is 1. The topological polar surface area (TPSA) is 110 Å². The highest BCUT2D eigenvalue weighted by Gasteiger charge is 2.34. The fraction of sp³-hybridized carbons (Fsp3) is 0.609. The monoisotopic (exact) mass is 478 g/mol. The van der Waals surface area contributed by atoms with Crippen LogP contribution < -0.4 is 10.0 Å². The van der Waals surface area contributed by atoms with Gasteiger partial charge in [-0.1, -0.05) is 0 Å². The van der Waals surface area contributed by atoms with E-state index in [-0.39, 0.29) is 11.4 Å². The van der Waals surface area contributed by atoms with E-state index in [1.165, 1.54) is 13.8 Å². The smallest absolute Gasteiger partial charge is 0.408 e. The lowest BCUT2D eigenvalue weighted by Crippen LogP contribution is -2.36. The SMILES string of the molecule is CC(C)(F)CNS(=O)(=O)c1cc2c(c3nnc(C4CC4)cc13)CCC2NC(=O)OC(C)(C)C. The molecule has 10 heteroatoms. The van der Waals surface area contributed by atoms with Crippen LogP contribution in [-0.4, -0.2) is 42.5 Å². The van der Waals surface area contributed by atoms with Crippen LogP contribution in [0.5, 0.6) is 0 Å². The number of carbonyl (C=O) groups excluding carboxylic acids is 1. The molecule has 2 N–H and O–H groups in total. The summed E-state index contributed by atoms with van der Waals surface area (Å²) in [4.78, 5) is 12.4. The summed E-state index contributed by atoms with van der Waals surface area (Å²) in [5.74, 6) is 0.296. The summed E-state index contributed by atoms with van der Waals surface area (Å²) < 4.78 is 48.4. The minimum absolute atomic E-state index is 0.0233. The number of fused-ring (bicyclic) bond motifs is 3. The zero-order chi connectivity index (χ0) is 24.2. The van der Waals surface area contributed by atoms with Crippen LogP contribution in [0.25, 0.3) is 10.9 Å². The third-order valence-electron chi connectivity index (χ3n) is 5.72. The van der Waals surface area contributed by atoms with Gasteiger partial charge in [-0.25, -0.2) is 22.3 Å². The van der Waals surface area contributed by atoms with Gasteiger partial charge >= 0.3 is 6.09 Å². The van der Waals surface area contributed by atoms with Crippen molar-refractivity contribution in [2.75, 3.05) is 6.54 Å². The molecule has 180 valence electrons. The average Bonchev–Trinajstić information content (AvgIpc) is 3.45. The van der Waals surface area contributed by atoms with E-state index in [9.17, 15) is 17.6 Å². The summed E-state index contributed by atoms with van der Waals surface area (Å²) >= 11 is 0. The molecule has 1 atom stereocenters. The Kier molecular flexibility index (Phi) is 5.89. The molecule has 1 amide bonds. The number of nitrogens with zero attached hydrogens (tertiary/aromatic N) is 2. The molecule has 0 spiro atoms. The van der Waals surface area contributed by atoms with E-state index in [2.05, 4.69) is 20.2 Å². The van der Waals surface area contributed by atoms with E-state index >= 15 is 0 Å². The maximum atomic E-state index is 14.1. The molecule has 8 nitrogen and oxygen atoms in total. The van der Waals surface area contributed by atoms with Gasteiger partial charge in [-0.15, -0.1) is 5.10 Å². The molecule has 1 fully saturated rings. The Morgan fingerprint density at radius 1 is 1.15 bits per heavy atom. The zero-order valence-corrected chi connectivity index (χ0v) is 20.5. The van der Waals surface area contributed by atoms with Gasteiger partial charge < -0.3 is 10.1 Å². The minimum Gasteiger partial charge on any atom is -0.444 e. The van der Waals surface area contributed by atoms with Crippen molar-refractivity contribution in [3.63, 3.8) is 0 Å². The van der Waals surface area contributed by atoms with Crippen LogP contribution in [0.3, 0.4) is 0 Å². The Morgan fingerprint density at radius 3 is 2.45 bits per heavy atom. The fourth-order valence-electron chi connectivity index (χ4n) is 4.02. The van der Waals surface area contributed by atoms with Crippen LogP contribution in [0.1, 0.15) is 82.7 Å². The number of amides is 1. The number of alkyl halides is 1. The Balaban J connectivity index is 1.78. The van der Waals surface area contributed by atoms with E-state index in [0.29, 0.717) is 35.2 Å². The number of aromatic nitrogens is 2. The quantitative estimate of drug-likeness (QED) is 0.648. The molecular weight excluding hydrogens is 447 g/mol. The summed E-state index contributed by atoms with van der Waals surface area (Å²) in [5, 5.41) is 12.1. The molecule has 4 rings (SSSR count). The predicted octanol–water partition coefficient (Wildman–Crippen LogP) is 4.05. The molecule has 1 unspecified atom stereocenters. The Morgan fingerprint density at radius 2 is 1.85 bits per heavy atom. The maximum absolute atomic E-state index is 14.1. The van der Waals surface area contributed by atoms with Gasteiger partial charge in [0, 0.05) is 17.8 Å². The van der Waals surface area contributed by atoms with Crippen molar-refractivity contribution in [2.45, 2.75) is 88.4 Å². The average molecular weight is 479 g/mol. The van der Waals surface area contributed by atoms with E-state index in [1.807, 2.05) is 0 Å². The second kappa shape index (κ2) is 8.16. The van der Waals surface area contributed by atoms with E-state index in [0.717, 1.165) is 24.1 Å². The van der Waals surface area contributed by atoms with Gasteiger partial charge in [0.2, 0.25) is 10.0 Å². The zero-order valence-electron chi connectivity index (χ0n) is 19.7. The number of halogens is 1. The van der Waals surface area contributed by atoms with E-state index in [1.54, 1.807) is 32.9 Å². The van der Waals surface area contributed by atoms with Gasteiger partial charge in [-0.3, -0.25) is 0 Å². The van der Waals surface area contributed by atoms with Crippen LogP contribution in [0.15, 0.2) is 17.0 Å². The number of nitrogens with one attached hydrogen (secondary N) is 2. The van der Waals surface area contributed by atoms with Crippen molar-refractivity contribution >= 4 is 27.0 Å². The molecule has 1 saturated carbocycles. The number of hydrogen-bond acceptors (Lipinski definition) is 6. The van der Waals surface area contributed by atoms with Crippen molar-refractivity contribution in [1.29, 1.82) is 0 Å². The van der Waals surface area contributed by atoms with E-state index in [4.69, 9.17) is 4.74 Å². The number of sulfonamides is 1. The van der Waals surface area contributed by atoms with Gasteiger partial charge in [-0.05, 0) is 83.6 Å². The van der Waals surface area contributed by atoms with Crippen LogP contribution in [0, 0.1) is 0 Å². The van der Waals surface area contributed by atoms with Gasteiger partial charge in [0.05, 0.1) is 22.1 Å². The molecule has 2 aliphatic rings. The van der Waals surface area contributed by atoms with Crippen molar-refractivity contribution in [1.82, 2.24) is 20.2 Å². The highest BCUT2D eigenvalue weighted by molar-refractivity contribution is 7.89. The number of benzene rings is 1. The molecule has 33 heavy (non-hydrogen) atoms. The number of hydrogen-bond donors (Lipinski definition) is 2. The number of aryl methyl sites for hydroxylation is 1. The molecule has 0 radical (unpaired) electrons. The number of ether oxygens (including phenoxy) is 1. The summed E-state index contributed by atoms with van der Waals surface area (Å²) in [5.41, 5.74) is 0.445. The van der Waals surface area contributed by atoms with Crippen LogP contribution >= 0.6 is 0 Å². The highest BCUT2D eigenvalue weighted by atomic mass is 32.2. The first-order valence-corrected chi connectivity index (χ1v) is 12.7. The van der Waals surface area contributed by atoms with Crippen molar-refractivity contribution in [3.05, 3.63) is 29.0 Å². The fourth-order valence-corrected chi connectivity index (χ4v) is 5.44. The molecule has 0 aliphatic heterocycles. The molecular formula is C23H31FN4O4S. The third kappa shape index (κ3) is 5.43. The first-order valence-electron chi connectivity index (χ1n) is 11.2. The first kappa shape index (κ1) is 23.8. The maximum Gasteiger partial charge on any atom is 0.408 e. The minimum atomic E-state index is -4.05. The highest BCUT2D eigenvalue weighted by Crippen LogP contribution is 2.42. The summed E-state index contributed by atoms with van der Waals surface area (Å²) in [6.45, 7) is 7.60. The van der Waals surface area contributed by atoms with Crippen LogP contribution in [-0.2, 0) is 21.2 Å². The van der Waals surface area contributed by atoms with Crippen molar-refractivity contribution in [2.24, 2.45) is 0 Å². The van der Waals surface area contributed by atoms with Gasteiger partial charge in [0.25, 0.3) is 0 Å². The molecule has 1 aromatic carbocycles. The van der Waals surface area contributed by atoms with Crippen LogP contribution in [0.4, 0.5) is 9.18 Å². The Bertz CT molecular complexity index is 1200. The Hall–Kier alpha value is -2.33. The second-order valence-corrected chi connectivity index (χ2v) is 12.3. The third-order valence-corrected chi connectivity index (χ3v) is 7.16. The number of carbonyl (C=O) groups is 1. The number of rotatable bonds is 6. The summed E-state index contributed by atoms with van der Waals surface area (Å²) in [6.07, 6.45) is 2.64. The first-order chi connectivity index (χ1) is 15.2. The van der Waals surface area contributed by atoms with Crippen molar-refractivity contribution < 1.29 is 22.3 Å². The lowest BCUT2D eigenvalue weighted by Gasteiger charge is -2.22. The van der Waals surface area contributed by atoms with E-state index < -0.39 is 33.4 Å². The molecule has 0 saturated heterocycles. The molecule has 0 bridgehead atoms. The Labute approximate surface area is 193 Å². The molecule has 2 aliphatic carbocycles. The van der Waals surface area contributed by atoms with Crippen molar-refractivity contribution in [3.8, 4) is 0 Å². The van der Waals surface area contributed by atoms with Crippen LogP contribution in [0.2, 0.25) is 0 Å². The lowest BCUT2D eigenvalue weighted by molar-refractivity contribution is 0.0503. The van der Waals surface area contributed by atoms with Gasteiger partial charge in [0.1, 0.15) is 11.3 Å². The largest absolute Gasteiger partial charge is 0.444 e. The van der Waals surface area contributed by atoms with Gasteiger partial charge in [0.15, 0.2) is 0 Å².